The number of likely N-dealkylation sites (tertiary alicyclic amines) is 1. The topological polar surface area (TPSA) is 97.7 Å². The van der Waals surface area contributed by atoms with Crippen molar-refractivity contribution >= 4 is 17.2 Å². The summed E-state index contributed by atoms with van der Waals surface area (Å²) in [5.74, 6) is 0.155. The fraction of sp³-hybridized carbons (Fsp3) is 0.636. The Kier molecular flexibility index (Phi) is 6.16. The van der Waals surface area contributed by atoms with Crippen LogP contribution in [-0.4, -0.2) is 57.2 Å². The molecule has 0 radical (unpaired) electrons. The van der Waals surface area contributed by atoms with Crippen LogP contribution < -0.4 is 9.47 Å². The molecule has 2 atom stereocenters. The van der Waals surface area contributed by atoms with Crippen LogP contribution in [0.3, 0.4) is 0 Å². The van der Waals surface area contributed by atoms with Crippen LogP contribution >= 0.6 is 11.3 Å². The van der Waals surface area contributed by atoms with E-state index in [2.05, 4.69) is 15.0 Å². The molecule has 4 rings (SSSR count). The quantitative estimate of drug-likeness (QED) is 0.728. The number of fused-ring (bicyclic) bond motifs is 2. The summed E-state index contributed by atoms with van der Waals surface area (Å²) in [7, 11) is 0. The van der Waals surface area contributed by atoms with E-state index in [0.29, 0.717) is 42.6 Å². The van der Waals surface area contributed by atoms with Crippen molar-refractivity contribution < 1.29 is 19.4 Å². The van der Waals surface area contributed by atoms with Crippen LogP contribution in [0.2, 0.25) is 0 Å². The summed E-state index contributed by atoms with van der Waals surface area (Å²) in [5, 5.41) is 12.9. The largest absolute Gasteiger partial charge is 0.478 e. The molecule has 168 valence electrons. The maximum atomic E-state index is 13.2. The second-order valence-corrected chi connectivity index (χ2v) is 9.45. The zero-order valence-electron chi connectivity index (χ0n) is 18.6. The molecule has 3 heterocycles. The minimum Gasteiger partial charge on any atom is -0.478 e. The molecule has 2 aromatic heterocycles. The van der Waals surface area contributed by atoms with E-state index in [9.17, 15) is 9.90 Å². The van der Waals surface area contributed by atoms with Gasteiger partial charge in [0, 0.05) is 31.1 Å². The first kappa shape index (κ1) is 22.0. The molecule has 1 saturated heterocycles. The van der Waals surface area contributed by atoms with Gasteiger partial charge in [0.25, 0.3) is 5.91 Å². The van der Waals surface area contributed by atoms with Crippen molar-refractivity contribution in [1.29, 1.82) is 0 Å². The molecule has 0 spiro atoms. The number of amides is 1. The number of ether oxygens (including phenoxy) is 2. The van der Waals surface area contributed by atoms with Crippen molar-refractivity contribution in [3.05, 3.63) is 27.3 Å². The molecular formula is C22H30N4O4S. The maximum Gasteiger partial charge on any atom is 0.319 e. The van der Waals surface area contributed by atoms with Crippen LogP contribution in [-0.2, 0) is 5.60 Å². The summed E-state index contributed by atoms with van der Waals surface area (Å²) in [6.45, 7) is 9.40. The molecule has 1 N–H and O–H groups in total. The SMILES string of the molecule is CCOc1ncc(C2(O)C3CCCC2CN(C(=O)c2sc(C)nc2C)C3)c(OCC)n1. The molecule has 1 amide bonds. The van der Waals surface area contributed by atoms with Crippen LogP contribution in [0.1, 0.15) is 59.0 Å². The van der Waals surface area contributed by atoms with Crippen molar-refractivity contribution in [3.8, 4) is 11.9 Å². The van der Waals surface area contributed by atoms with Crippen molar-refractivity contribution in [2.24, 2.45) is 11.8 Å². The van der Waals surface area contributed by atoms with Gasteiger partial charge in [-0.3, -0.25) is 4.79 Å². The van der Waals surface area contributed by atoms with Gasteiger partial charge in [0.05, 0.1) is 29.5 Å². The molecule has 8 nitrogen and oxygen atoms in total. The number of aliphatic hydroxyl groups is 1. The lowest BCUT2D eigenvalue weighted by Gasteiger charge is -2.53. The average molecular weight is 447 g/mol. The highest BCUT2D eigenvalue weighted by Gasteiger charge is 2.54. The number of piperidine rings is 1. The van der Waals surface area contributed by atoms with Crippen molar-refractivity contribution in [2.75, 3.05) is 26.3 Å². The van der Waals surface area contributed by atoms with E-state index in [1.165, 1.54) is 11.3 Å². The Morgan fingerprint density at radius 3 is 2.45 bits per heavy atom. The fourth-order valence-corrected chi connectivity index (χ4v) is 5.89. The van der Waals surface area contributed by atoms with Crippen molar-refractivity contribution in [2.45, 2.75) is 52.6 Å². The molecule has 2 bridgehead atoms. The Hall–Kier alpha value is -2.26. The van der Waals surface area contributed by atoms with Crippen LogP contribution in [0.5, 0.6) is 11.9 Å². The molecule has 2 unspecified atom stereocenters. The molecule has 1 aliphatic heterocycles. The molecule has 1 saturated carbocycles. The van der Waals surface area contributed by atoms with Crippen molar-refractivity contribution in [1.82, 2.24) is 19.9 Å². The molecule has 9 heteroatoms. The number of carbonyl (C=O) groups is 1. The van der Waals surface area contributed by atoms with Crippen LogP contribution in [0.25, 0.3) is 0 Å². The number of rotatable bonds is 6. The van der Waals surface area contributed by atoms with E-state index in [0.717, 1.165) is 30.0 Å². The fourth-order valence-electron chi connectivity index (χ4n) is 5.00. The predicted molar refractivity (Wildman–Crippen MR) is 117 cm³/mol. The zero-order chi connectivity index (χ0) is 22.2. The number of nitrogens with zero attached hydrogens (tertiary/aromatic N) is 4. The summed E-state index contributed by atoms with van der Waals surface area (Å²) in [6.07, 6.45) is 4.33. The molecule has 2 aromatic rings. The maximum absolute atomic E-state index is 13.2. The number of hydrogen-bond acceptors (Lipinski definition) is 8. The monoisotopic (exact) mass is 446 g/mol. The van der Waals surface area contributed by atoms with Gasteiger partial charge in [-0.2, -0.15) is 4.98 Å². The summed E-state index contributed by atoms with van der Waals surface area (Å²) in [5.41, 5.74) is 0.240. The van der Waals surface area contributed by atoms with E-state index < -0.39 is 5.60 Å². The first-order valence-corrected chi connectivity index (χ1v) is 11.8. The van der Waals surface area contributed by atoms with Crippen LogP contribution in [0, 0.1) is 25.7 Å². The van der Waals surface area contributed by atoms with Gasteiger partial charge in [-0.15, -0.1) is 11.3 Å². The lowest BCUT2D eigenvalue weighted by atomic mass is 9.63. The van der Waals surface area contributed by atoms with E-state index in [-0.39, 0.29) is 23.8 Å². The van der Waals surface area contributed by atoms with Crippen LogP contribution in [0.15, 0.2) is 6.20 Å². The van der Waals surface area contributed by atoms with Gasteiger partial charge in [-0.05, 0) is 40.5 Å². The standard InChI is InChI=1S/C22H30N4O4S/c1-5-29-19-17(10-23-21(25-19)30-6-2)22(28)15-8-7-9-16(22)12-26(11-15)20(27)18-13(3)24-14(4)31-18/h10,15-16,28H,5-9,11-12H2,1-4H3. The number of carbonyl (C=O) groups excluding carboxylic acids is 1. The summed E-state index contributed by atoms with van der Waals surface area (Å²) >= 11 is 1.44. The second-order valence-electron chi connectivity index (χ2n) is 8.25. The Labute approximate surface area is 186 Å². The highest BCUT2D eigenvalue weighted by molar-refractivity contribution is 7.13. The third-order valence-electron chi connectivity index (χ3n) is 6.33. The summed E-state index contributed by atoms with van der Waals surface area (Å²) < 4.78 is 11.2. The van der Waals surface area contributed by atoms with Gasteiger partial charge < -0.3 is 19.5 Å². The Morgan fingerprint density at radius 2 is 1.87 bits per heavy atom. The molecule has 2 fully saturated rings. The van der Waals surface area contributed by atoms with E-state index >= 15 is 0 Å². The van der Waals surface area contributed by atoms with Gasteiger partial charge in [-0.25, -0.2) is 9.97 Å². The van der Waals surface area contributed by atoms with Crippen molar-refractivity contribution in [3.63, 3.8) is 0 Å². The minimum absolute atomic E-state index is 0.00928. The Morgan fingerprint density at radius 1 is 1.19 bits per heavy atom. The minimum atomic E-state index is -1.14. The van der Waals surface area contributed by atoms with E-state index in [1.807, 2.05) is 32.6 Å². The number of hydrogen-bond donors (Lipinski definition) is 1. The van der Waals surface area contributed by atoms with Crippen LogP contribution in [0.4, 0.5) is 0 Å². The van der Waals surface area contributed by atoms with E-state index in [1.54, 1.807) is 6.20 Å². The second kappa shape index (κ2) is 8.70. The van der Waals surface area contributed by atoms with Gasteiger partial charge in [-0.1, -0.05) is 6.42 Å². The number of aromatic nitrogens is 3. The zero-order valence-corrected chi connectivity index (χ0v) is 19.4. The Bertz CT molecular complexity index is 949. The molecule has 0 aromatic carbocycles. The lowest BCUT2D eigenvalue weighted by molar-refractivity contribution is -0.141. The van der Waals surface area contributed by atoms with Gasteiger partial charge in [0.15, 0.2) is 0 Å². The highest BCUT2D eigenvalue weighted by Crippen LogP contribution is 2.51. The van der Waals surface area contributed by atoms with Gasteiger partial charge >= 0.3 is 6.01 Å². The molecule has 2 aliphatic rings. The lowest BCUT2D eigenvalue weighted by Crippen LogP contribution is -2.59. The first-order valence-electron chi connectivity index (χ1n) is 11.0. The van der Waals surface area contributed by atoms with E-state index in [4.69, 9.17) is 9.47 Å². The van der Waals surface area contributed by atoms with Gasteiger partial charge in [0.2, 0.25) is 5.88 Å². The highest BCUT2D eigenvalue weighted by atomic mass is 32.1. The normalized spacial score (nSPS) is 25.4. The Balaban J connectivity index is 1.66. The third-order valence-corrected chi connectivity index (χ3v) is 7.39. The molecular weight excluding hydrogens is 416 g/mol. The summed E-state index contributed by atoms with van der Waals surface area (Å²) in [4.78, 5) is 29.0. The predicted octanol–water partition coefficient (Wildman–Crippen LogP) is 3.11. The summed E-state index contributed by atoms with van der Waals surface area (Å²) in [6, 6.07) is 0.243. The molecule has 1 aliphatic carbocycles. The third kappa shape index (κ3) is 3.89. The van der Waals surface area contributed by atoms with Gasteiger partial charge in [0.1, 0.15) is 10.5 Å². The first-order chi connectivity index (χ1) is 14.9. The molecule has 31 heavy (non-hydrogen) atoms. The average Bonchev–Trinajstić information content (AvgIpc) is 3.06. The number of thiazole rings is 1. The smallest absolute Gasteiger partial charge is 0.319 e. The number of aryl methyl sites for hydroxylation is 2.